The number of benzene rings is 1. The predicted octanol–water partition coefficient (Wildman–Crippen LogP) is 2.25. The van der Waals surface area contributed by atoms with Crippen LogP contribution in [0.1, 0.15) is 37.4 Å². The number of rotatable bonds is 5. The molecule has 0 unspecified atom stereocenters. The molecule has 130 valence electrons. The van der Waals surface area contributed by atoms with Gasteiger partial charge in [-0.1, -0.05) is 43.2 Å². The van der Waals surface area contributed by atoms with Gasteiger partial charge in [-0.15, -0.1) is 0 Å². The molecule has 24 heavy (non-hydrogen) atoms. The fourth-order valence-electron chi connectivity index (χ4n) is 3.26. The number of amides is 2. The van der Waals surface area contributed by atoms with Gasteiger partial charge in [0.15, 0.2) is 6.10 Å². The largest absolute Gasteiger partial charge is 0.453 e. The Morgan fingerprint density at radius 2 is 1.83 bits per heavy atom. The zero-order chi connectivity index (χ0) is 16.9. The minimum Gasteiger partial charge on any atom is -0.453 e. The van der Waals surface area contributed by atoms with E-state index < -0.39 is 6.10 Å². The van der Waals surface area contributed by atoms with E-state index in [0.29, 0.717) is 13.1 Å². The first-order valence-electron chi connectivity index (χ1n) is 8.51. The number of ether oxygens (including phenoxy) is 2. The number of nitrogens with zero attached hydrogens (tertiary/aromatic N) is 1. The topological polar surface area (TPSA) is 67.9 Å². The second-order valence-electron chi connectivity index (χ2n) is 6.41. The molecule has 0 radical (unpaired) electrons. The van der Waals surface area contributed by atoms with Gasteiger partial charge in [0.05, 0.1) is 19.3 Å². The third kappa shape index (κ3) is 3.87. The summed E-state index contributed by atoms with van der Waals surface area (Å²) in [6.45, 7) is 0.951. The van der Waals surface area contributed by atoms with Crippen molar-refractivity contribution in [2.75, 3.05) is 20.2 Å². The zero-order valence-electron chi connectivity index (χ0n) is 13.9. The first kappa shape index (κ1) is 16.8. The Hall–Kier alpha value is -2.08. The van der Waals surface area contributed by atoms with E-state index in [2.05, 4.69) is 10.1 Å². The van der Waals surface area contributed by atoms with E-state index in [1.807, 2.05) is 30.3 Å². The molecule has 1 atom stereocenters. The van der Waals surface area contributed by atoms with E-state index in [1.165, 1.54) is 7.11 Å². The summed E-state index contributed by atoms with van der Waals surface area (Å²) in [7, 11) is 1.36. The van der Waals surface area contributed by atoms with Gasteiger partial charge < -0.3 is 19.7 Å². The lowest BCUT2D eigenvalue weighted by atomic mass is 10.1. The number of hydrogen-bond acceptors (Lipinski definition) is 4. The SMILES string of the molecule is COC(=O)N1CC(NC(=O)[C@@H](OC2CCCC2)c2ccccc2)C1. The Bertz CT molecular complexity index is 566. The summed E-state index contributed by atoms with van der Waals surface area (Å²) in [6.07, 6.45) is 3.53. The molecule has 1 saturated carbocycles. The molecule has 0 spiro atoms. The van der Waals surface area contributed by atoms with E-state index in [1.54, 1.807) is 4.90 Å². The monoisotopic (exact) mass is 332 g/mol. The molecule has 3 rings (SSSR count). The van der Waals surface area contributed by atoms with Gasteiger partial charge in [0.1, 0.15) is 0 Å². The molecular weight excluding hydrogens is 308 g/mol. The number of hydrogen-bond donors (Lipinski definition) is 1. The summed E-state index contributed by atoms with van der Waals surface area (Å²) in [5.41, 5.74) is 0.867. The maximum Gasteiger partial charge on any atom is 0.409 e. The summed E-state index contributed by atoms with van der Waals surface area (Å²) in [4.78, 5) is 25.6. The highest BCUT2D eigenvalue weighted by Gasteiger charge is 2.35. The standard InChI is InChI=1S/C18H24N2O4/c1-23-18(22)20-11-14(12-20)19-17(21)16(13-7-3-2-4-8-13)24-15-9-5-6-10-15/h2-4,7-8,14-16H,5-6,9-12H2,1H3,(H,19,21)/t16-/m0/s1. The van der Waals surface area contributed by atoms with Crippen LogP contribution in [0.5, 0.6) is 0 Å². The van der Waals surface area contributed by atoms with Gasteiger partial charge in [-0.05, 0) is 18.4 Å². The predicted molar refractivity (Wildman–Crippen MR) is 88.4 cm³/mol. The Kier molecular flexibility index (Phi) is 5.35. The molecule has 1 aliphatic heterocycles. The fourth-order valence-corrected chi connectivity index (χ4v) is 3.26. The van der Waals surface area contributed by atoms with Crippen molar-refractivity contribution in [3.8, 4) is 0 Å². The van der Waals surface area contributed by atoms with Crippen molar-refractivity contribution in [1.29, 1.82) is 0 Å². The van der Waals surface area contributed by atoms with E-state index in [-0.39, 0.29) is 24.1 Å². The van der Waals surface area contributed by atoms with Crippen LogP contribution >= 0.6 is 0 Å². The fraction of sp³-hybridized carbons (Fsp3) is 0.556. The van der Waals surface area contributed by atoms with E-state index in [4.69, 9.17) is 4.74 Å². The lowest BCUT2D eigenvalue weighted by Crippen LogP contribution is -2.61. The Morgan fingerprint density at radius 3 is 2.46 bits per heavy atom. The highest BCUT2D eigenvalue weighted by molar-refractivity contribution is 5.83. The first-order chi connectivity index (χ1) is 11.7. The van der Waals surface area contributed by atoms with Crippen molar-refractivity contribution in [1.82, 2.24) is 10.2 Å². The minimum atomic E-state index is -0.596. The van der Waals surface area contributed by atoms with Crippen molar-refractivity contribution < 1.29 is 19.1 Å². The molecule has 1 aromatic rings. The third-order valence-corrected chi connectivity index (χ3v) is 4.63. The van der Waals surface area contributed by atoms with Crippen LogP contribution in [0.25, 0.3) is 0 Å². The Morgan fingerprint density at radius 1 is 1.17 bits per heavy atom. The molecule has 2 amide bonds. The second kappa shape index (κ2) is 7.66. The molecule has 1 N–H and O–H groups in total. The van der Waals surface area contributed by atoms with Gasteiger partial charge in [0.25, 0.3) is 5.91 Å². The summed E-state index contributed by atoms with van der Waals surface area (Å²) >= 11 is 0. The number of carbonyl (C=O) groups is 2. The van der Waals surface area contributed by atoms with Crippen molar-refractivity contribution in [3.05, 3.63) is 35.9 Å². The smallest absolute Gasteiger partial charge is 0.409 e. The van der Waals surface area contributed by atoms with Crippen LogP contribution in [0.15, 0.2) is 30.3 Å². The second-order valence-corrected chi connectivity index (χ2v) is 6.41. The molecule has 0 aromatic heterocycles. The van der Waals surface area contributed by atoms with Crippen molar-refractivity contribution in [2.45, 2.75) is 43.9 Å². The molecule has 1 aliphatic carbocycles. The van der Waals surface area contributed by atoms with Crippen LogP contribution in [0, 0.1) is 0 Å². The average Bonchev–Trinajstić information content (AvgIpc) is 3.08. The van der Waals surface area contributed by atoms with Crippen molar-refractivity contribution in [3.63, 3.8) is 0 Å². The maximum atomic E-state index is 12.7. The van der Waals surface area contributed by atoms with E-state index >= 15 is 0 Å². The normalized spacial score (nSPS) is 19.6. The van der Waals surface area contributed by atoms with Crippen LogP contribution < -0.4 is 5.32 Å². The third-order valence-electron chi connectivity index (χ3n) is 4.63. The van der Waals surface area contributed by atoms with Gasteiger partial charge in [-0.3, -0.25) is 4.79 Å². The molecule has 1 saturated heterocycles. The highest BCUT2D eigenvalue weighted by atomic mass is 16.5. The molecule has 2 fully saturated rings. The molecule has 1 heterocycles. The van der Waals surface area contributed by atoms with Crippen LogP contribution in [0.4, 0.5) is 4.79 Å². The van der Waals surface area contributed by atoms with Gasteiger partial charge >= 0.3 is 6.09 Å². The number of nitrogens with one attached hydrogen (secondary N) is 1. The van der Waals surface area contributed by atoms with Crippen molar-refractivity contribution in [2.24, 2.45) is 0 Å². The quantitative estimate of drug-likeness (QED) is 0.898. The number of methoxy groups -OCH3 is 1. The molecular formula is C18H24N2O4. The highest BCUT2D eigenvalue weighted by Crippen LogP contribution is 2.28. The molecule has 0 bridgehead atoms. The summed E-state index contributed by atoms with van der Waals surface area (Å²) in [5, 5.41) is 2.98. The van der Waals surface area contributed by atoms with Crippen LogP contribution in [-0.2, 0) is 14.3 Å². The summed E-state index contributed by atoms with van der Waals surface area (Å²) < 4.78 is 10.8. The zero-order valence-corrected chi connectivity index (χ0v) is 13.9. The summed E-state index contributed by atoms with van der Waals surface area (Å²) in [5.74, 6) is -0.136. The molecule has 2 aliphatic rings. The van der Waals surface area contributed by atoms with E-state index in [0.717, 1.165) is 31.2 Å². The number of carbonyl (C=O) groups excluding carboxylic acids is 2. The molecule has 1 aromatic carbocycles. The van der Waals surface area contributed by atoms with Gasteiger partial charge in [-0.2, -0.15) is 0 Å². The van der Waals surface area contributed by atoms with Gasteiger partial charge in [0.2, 0.25) is 0 Å². The summed E-state index contributed by atoms with van der Waals surface area (Å²) in [6, 6.07) is 9.54. The van der Waals surface area contributed by atoms with Crippen LogP contribution in [0.2, 0.25) is 0 Å². The lowest BCUT2D eigenvalue weighted by Gasteiger charge is -2.39. The van der Waals surface area contributed by atoms with Crippen molar-refractivity contribution >= 4 is 12.0 Å². The Labute approximate surface area is 142 Å². The van der Waals surface area contributed by atoms with Gasteiger partial charge in [0, 0.05) is 13.1 Å². The average molecular weight is 332 g/mol. The van der Waals surface area contributed by atoms with Crippen LogP contribution in [-0.4, -0.2) is 49.2 Å². The number of likely N-dealkylation sites (tertiary alicyclic amines) is 1. The molecule has 6 nitrogen and oxygen atoms in total. The van der Waals surface area contributed by atoms with Crippen LogP contribution in [0.3, 0.4) is 0 Å². The Balaban J connectivity index is 1.60. The first-order valence-corrected chi connectivity index (χ1v) is 8.51. The maximum absolute atomic E-state index is 12.7. The lowest BCUT2D eigenvalue weighted by molar-refractivity contribution is -0.139. The minimum absolute atomic E-state index is 0.0463. The van der Waals surface area contributed by atoms with Gasteiger partial charge in [-0.25, -0.2) is 4.79 Å². The molecule has 6 heteroatoms. The van der Waals surface area contributed by atoms with E-state index in [9.17, 15) is 9.59 Å².